The van der Waals surface area contributed by atoms with E-state index in [2.05, 4.69) is 10.6 Å². The Kier molecular flexibility index (Phi) is 4.92. The van der Waals surface area contributed by atoms with Gasteiger partial charge in [-0.2, -0.15) is 0 Å². The maximum atomic E-state index is 11.5. The number of benzene rings is 1. The first-order valence-corrected chi connectivity index (χ1v) is 6.50. The number of aldehydes is 1. The number of anilines is 1. The molecule has 0 radical (unpaired) electrons. The second kappa shape index (κ2) is 7.07. The first kappa shape index (κ1) is 15.3. The van der Waals surface area contributed by atoms with Crippen molar-refractivity contribution in [1.82, 2.24) is 5.32 Å². The molecule has 3 N–H and O–H groups in total. The minimum Gasteiger partial charge on any atom is -0.481 e. The Morgan fingerprint density at radius 3 is 2.45 bits per heavy atom. The number of rotatable bonds is 6. The van der Waals surface area contributed by atoms with Gasteiger partial charge in [0.1, 0.15) is 5.76 Å². The van der Waals surface area contributed by atoms with Crippen molar-refractivity contribution >= 4 is 24.0 Å². The summed E-state index contributed by atoms with van der Waals surface area (Å²) in [5, 5.41) is 13.5. The molecule has 1 heterocycles. The number of carbonyl (C=O) groups excluding carboxylic acids is 2. The van der Waals surface area contributed by atoms with Crippen LogP contribution in [0.1, 0.15) is 17.0 Å². The normalized spacial score (nSPS) is 10.0. The second-order valence-electron chi connectivity index (χ2n) is 4.42. The minimum atomic E-state index is -0.974. The van der Waals surface area contributed by atoms with Crippen molar-refractivity contribution in [3.8, 4) is 11.3 Å². The number of carboxylic acids is 1. The summed E-state index contributed by atoms with van der Waals surface area (Å²) in [6.07, 6.45) is 0.491. The molecule has 2 rings (SSSR count). The third kappa shape index (κ3) is 4.20. The number of carboxylic acid groups (broad SMARTS) is 1. The summed E-state index contributed by atoms with van der Waals surface area (Å²) < 4.78 is 5.29. The summed E-state index contributed by atoms with van der Waals surface area (Å²) in [5.41, 5.74) is 1.32. The number of nitrogens with one attached hydrogen (secondary N) is 2. The quantitative estimate of drug-likeness (QED) is 0.710. The smallest absolute Gasteiger partial charge is 0.319 e. The van der Waals surface area contributed by atoms with Gasteiger partial charge >= 0.3 is 12.0 Å². The van der Waals surface area contributed by atoms with Crippen LogP contribution in [0.25, 0.3) is 11.3 Å². The Bertz CT molecular complexity index is 675. The number of amides is 2. The zero-order valence-corrected chi connectivity index (χ0v) is 11.5. The van der Waals surface area contributed by atoms with E-state index in [-0.39, 0.29) is 18.7 Å². The van der Waals surface area contributed by atoms with Crippen molar-refractivity contribution in [2.45, 2.75) is 6.42 Å². The molecule has 7 nitrogen and oxygen atoms in total. The van der Waals surface area contributed by atoms with Crippen LogP contribution in [0.4, 0.5) is 10.5 Å². The Hall–Kier alpha value is -3.09. The molecule has 114 valence electrons. The molecule has 7 heteroatoms. The Balaban J connectivity index is 1.92. The van der Waals surface area contributed by atoms with E-state index in [0.717, 1.165) is 5.56 Å². The number of hydrogen-bond acceptors (Lipinski definition) is 4. The molecule has 0 spiro atoms. The topological polar surface area (TPSA) is 109 Å². The highest BCUT2D eigenvalue weighted by Crippen LogP contribution is 2.23. The van der Waals surface area contributed by atoms with Crippen LogP contribution in [0.15, 0.2) is 40.8 Å². The maximum Gasteiger partial charge on any atom is 0.319 e. The molecule has 0 bridgehead atoms. The van der Waals surface area contributed by atoms with Crippen LogP contribution in [0.5, 0.6) is 0 Å². The molecule has 1 aromatic carbocycles. The first-order chi connectivity index (χ1) is 10.6. The summed E-state index contributed by atoms with van der Waals surface area (Å²) >= 11 is 0. The zero-order valence-electron chi connectivity index (χ0n) is 11.5. The fraction of sp³-hybridized carbons (Fsp3) is 0.133. The fourth-order valence-corrected chi connectivity index (χ4v) is 1.75. The second-order valence-corrected chi connectivity index (χ2v) is 4.42. The number of aliphatic carboxylic acids is 1. The minimum absolute atomic E-state index is 0.0557. The molecule has 0 aliphatic rings. The molecule has 0 fully saturated rings. The van der Waals surface area contributed by atoms with E-state index in [0.29, 0.717) is 17.7 Å². The highest BCUT2D eigenvalue weighted by molar-refractivity contribution is 5.89. The van der Waals surface area contributed by atoms with Crippen molar-refractivity contribution in [1.29, 1.82) is 0 Å². The Labute approximate surface area is 125 Å². The molecule has 0 saturated heterocycles. The van der Waals surface area contributed by atoms with Crippen molar-refractivity contribution in [3.05, 3.63) is 42.2 Å². The van der Waals surface area contributed by atoms with E-state index < -0.39 is 12.0 Å². The molecule has 0 atom stereocenters. The van der Waals surface area contributed by atoms with Gasteiger partial charge in [-0.15, -0.1) is 0 Å². The van der Waals surface area contributed by atoms with Crippen LogP contribution < -0.4 is 10.6 Å². The molecule has 0 saturated carbocycles. The number of urea groups is 1. The summed E-state index contributed by atoms with van der Waals surface area (Å²) in [6, 6.07) is 9.61. The number of hydrogen-bond donors (Lipinski definition) is 3. The van der Waals surface area contributed by atoms with E-state index in [1.807, 2.05) is 0 Å². The molecular weight excluding hydrogens is 288 g/mol. The highest BCUT2D eigenvalue weighted by atomic mass is 16.4. The van der Waals surface area contributed by atoms with Gasteiger partial charge in [-0.05, 0) is 36.4 Å². The zero-order chi connectivity index (χ0) is 15.9. The first-order valence-electron chi connectivity index (χ1n) is 6.50. The van der Waals surface area contributed by atoms with E-state index in [9.17, 15) is 14.4 Å². The van der Waals surface area contributed by atoms with Crippen LogP contribution in [-0.2, 0) is 4.79 Å². The lowest BCUT2D eigenvalue weighted by molar-refractivity contribution is -0.136. The van der Waals surface area contributed by atoms with Gasteiger partial charge in [-0.3, -0.25) is 9.59 Å². The lowest BCUT2D eigenvalue weighted by Crippen LogP contribution is -2.30. The van der Waals surface area contributed by atoms with Crippen LogP contribution in [0, 0.1) is 0 Å². The van der Waals surface area contributed by atoms with E-state index >= 15 is 0 Å². The summed E-state index contributed by atoms with van der Waals surface area (Å²) in [7, 11) is 0. The van der Waals surface area contributed by atoms with Crippen LogP contribution in [0.3, 0.4) is 0 Å². The van der Waals surface area contributed by atoms with Crippen LogP contribution in [0.2, 0.25) is 0 Å². The molecule has 22 heavy (non-hydrogen) atoms. The average Bonchev–Trinajstić information content (AvgIpc) is 2.96. The van der Waals surface area contributed by atoms with Gasteiger partial charge in [0.15, 0.2) is 12.0 Å². The van der Waals surface area contributed by atoms with Gasteiger partial charge in [0, 0.05) is 17.8 Å². The molecule has 2 amide bonds. The molecular formula is C15H14N2O5. The standard InChI is InChI=1S/C15H14N2O5/c18-9-12-5-6-13(22-12)10-1-3-11(4-2-10)17-15(21)16-8-7-14(19)20/h1-6,9H,7-8H2,(H,19,20)(H2,16,17,21). The summed E-state index contributed by atoms with van der Waals surface area (Å²) in [6.45, 7) is 0.0557. The van der Waals surface area contributed by atoms with E-state index in [4.69, 9.17) is 9.52 Å². The molecule has 2 aromatic rings. The molecule has 0 unspecified atom stereocenters. The number of carbonyl (C=O) groups is 3. The third-order valence-electron chi connectivity index (χ3n) is 2.79. The van der Waals surface area contributed by atoms with E-state index in [1.54, 1.807) is 36.4 Å². The lowest BCUT2D eigenvalue weighted by atomic mass is 10.1. The van der Waals surface area contributed by atoms with Crippen molar-refractivity contribution < 1.29 is 23.9 Å². The van der Waals surface area contributed by atoms with Gasteiger partial charge in [0.2, 0.25) is 0 Å². The summed E-state index contributed by atoms with van der Waals surface area (Å²) in [5.74, 6) is -0.174. The molecule has 1 aromatic heterocycles. The monoisotopic (exact) mass is 302 g/mol. The lowest BCUT2D eigenvalue weighted by Gasteiger charge is -2.07. The fourth-order valence-electron chi connectivity index (χ4n) is 1.75. The van der Waals surface area contributed by atoms with Crippen molar-refractivity contribution in [2.24, 2.45) is 0 Å². The van der Waals surface area contributed by atoms with E-state index in [1.165, 1.54) is 0 Å². The molecule has 0 aliphatic carbocycles. The van der Waals surface area contributed by atoms with Crippen LogP contribution in [-0.4, -0.2) is 29.9 Å². The third-order valence-corrected chi connectivity index (χ3v) is 2.79. The average molecular weight is 302 g/mol. The largest absolute Gasteiger partial charge is 0.481 e. The maximum absolute atomic E-state index is 11.5. The predicted octanol–water partition coefficient (Wildman–Crippen LogP) is 2.36. The van der Waals surface area contributed by atoms with Gasteiger partial charge < -0.3 is 20.2 Å². The Morgan fingerprint density at radius 1 is 1.14 bits per heavy atom. The highest BCUT2D eigenvalue weighted by Gasteiger charge is 2.06. The molecule has 0 aliphatic heterocycles. The van der Waals surface area contributed by atoms with Gasteiger partial charge in [-0.25, -0.2) is 4.79 Å². The van der Waals surface area contributed by atoms with Gasteiger partial charge in [-0.1, -0.05) is 0 Å². The van der Waals surface area contributed by atoms with Crippen molar-refractivity contribution in [2.75, 3.05) is 11.9 Å². The number of furan rings is 1. The van der Waals surface area contributed by atoms with Crippen LogP contribution >= 0.6 is 0 Å². The predicted molar refractivity (Wildman–Crippen MR) is 78.8 cm³/mol. The van der Waals surface area contributed by atoms with Gasteiger partial charge in [0.25, 0.3) is 0 Å². The van der Waals surface area contributed by atoms with Gasteiger partial charge in [0.05, 0.1) is 6.42 Å². The summed E-state index contributed by atoms with van der Waals surface area (Å²) in [4.78, 5) is 32.4. The van der Waals surface area contributed by atoms with Crippen molar-refractivity contribution in [3.63, 3.8) is 0 Å². The Morgan fingerprint density at radius 2 is 1.86 bits per heavy atom. The SMILES string of the molecule is O=Cc1ccc(-c2ccc(NC(=O)NCCC(=O)O)cc2)o1.